The molecule has 1 fully saturated rings. The van der Waals surface area contributed by atoms with Crippen LogP contribution in [0.5, 0.6) is 11.5 Å². The molecular formula is C25H25F3N4O3. The van der Waals surface area contributed by atoms with Gasteiger partial charge in [-0.05, 0) is 31.2 Å². The van der Waals surface area contributed by atoms with Gasteiger partial charge in [0.15, 0.2) is 5.82 Å². The Morgan fingerprint density at radius 2 is 1.60 bits per heavy atom. The summed E-state index contributed by atoms with van der Waals surface area (Å²) < 4.78 is 49.2. The number of methoxy groups -OCH3 is 2. The number of hydrogen-bond acceptors (Lipinski definition) is 6. The van der Waals surface area contributed by atoms with E-state index < -0.39 is 11.7 Å². The predicted molar refractivity (Wildman–Crippen MR) is 125 cm³/mol. The van der Waals surface area contributed by atoms with Crippen molar-refractivity contribution in [2.45, 2.75) is 13.1 Å². The third kappa shape index (κ3) is 5.31. The van der Waals surface area contributed by atoms with Gasteiger partial charge in [-0.25, -0.2) is 9.97 Å². The minimum absolute atomic E-state index is 0.131. The van der Waals surface area contributed by atoms with E-state index in [1.54, 1.807) is 30.2 Å². The van der Waals surface area contributed by atoms with Crippen LogP contribution < -0.4 is 14.4 Å². The number of halogens is 3. The van der Waals surface area contributed by atoms with Gasteiger partial charge in [-0.3, -0.25) is 4.79 Å². The Kier molecular flexibility index (Phi) is 6.81. The normalized spacial score (nSPS) is 14.1. The molecule has 1 amide bonds. The first-order chi connectivity index (χ1) is 16.7. The van der Waals surface area contributed by atoms with Crippen LogP contribution in [0, 0.1) is 6.92 Å². The highest BCUT2D eigenvalue weighted by Crippen LogP contribution is 2.31. The molecule has 2 aromatic carbocycles. The minimum Gasteiger partial charge on any atom is -0.497 e. The number of aromatic nitrogens is 2. The molecule has 0 bridgehead atoms. The van der Waals surface area contributed by atoms with Crippen molar-refractivity contribution >= 4 is 11.7 Å². The van der Waals surface area contributed by atoms with E-state index in [0.717, 1.165) is 12.1 Å². The number of benzene rings is 2. The van der Waals surface area contributed by atoms with Crippen molar-refractivity contribution in [3.8, 4) is 22.9 Å². The van der Waals surface area contributed by atoms with Gasteiger partial charge in [0.2, 0.25) is 0 Å². The topological polar surface area (TPSA) is 67.8 Å². The van der Waals surface area contributed by atoms with Crippen LogP contribution in [-0.4, -0.2) is 61.2 Å². The summed E-state index contributed by atoms with van der Waals surface area (Å²) in [4.78, 5) is 25.9. The number of carbonyl (C=O) groups excluding carboxylic acids is 1. The maximum absolute atomic E-state index is 13.1. The van der Waals surface area contributed by atoms with Crippen LogP contribution in [0.15, 0.2) is 48.5 Å². The molecule has 0 N–H and O–H groups in total. The highest BCUT2D eigenvalue weighted by molar-refractivity contribution is 5.97. The molecule has 0 spiro atoms. The van der Waals surface area contributed by atoms with Gasteiger partial charge in [0.05, 0.1) is 25.3 Å². The van der Waals surface area contributed by atoms with Crippen LogP contribution in [0.2, 0.25) is 0 Å². The van der Waals surface area contributed by atoms with Gasteiger partial charge in [-0.15, -0.1) is 0 Å². The number of ether oxygens (including phenoxy) is 2. The third-order valence-corrected chi connectivity index (χ3v) is 5.84. The Bertz CT molecular complexity index is 1210. The summed E-state index contributed by atoms with van der Waals surface area (Å²) in [5.41, 5.74) is 0.947. The molecule has 0 unspecified atom stereocenters. The van der Waals surface area contributed by atoms with E-state index in [2.05, 4.69) is 9.97 Å². The molecular weight excluding hydrogens is 461 g/mol. The van der Waals surface area contributed by atoms with E-state index in [-0.39, 0.29) is 5.91 Å². The van der Waals surface area contributed by atoms with E-state index in [0.29, 0.717) is 66.1 Å². The van der Waals surface area contributed by atoms with Crippen LogP contribution in [0.25, 0.3) is 11.4 Å². The number of aryl methyl sites for hydroxylation is 1. The Balaban J connectivity index is 1.48. The Labute approximate surface area is 201 Å². The predicted octanol–water partition coefficient (Wildman–Crippen LogP) is 4.45. The van der Waals surface area contributed by atoms with Gasteiger partial charge in [0.25, 0.3) is 5.91 Å². The van der Waals surface area contributed by atoms with E-state index in [1.165, 1.54) is 19.2 Å². The van der Waals surface area contributed by atoms with Gasteiger partial charge in [-0.2, -0.15) is 13.2 Å². The van der Waals surface area contributed by atoms with Crippen LogP contribution >= 0.6 is 0 Å². The number of rotatable bonds is 5. The molecule has 1 saturated heterocycles. The summed E-state index contributed by atoms with van der Waals surface area (Å²) in [5.74, 6) is 1.95. The zero-order valence-electron chi connectivity index (χ0n) is 19.6. The Hall–Kier alpha value is -3.82. The molecule has 1 aromatic heterocycles. The van der Waals surface area contributed by atoms with Crippen molar-refractivity contribution in [3.63, 3.8) is 0 Å². The zero-order chi connectivity index (χ0) is 25.2. The van der Waals surface area contributed by atoms with Crippen molar-refractivity contribution < 1.29 is 27.4 Å². The second-order valence-electron chi connectivity index (χ2n) is 8.11. The first-order valence-electron chi connectivity index (χ1n) is 11.0. The van der Waals surface area contributed by atoms with Gasteiger partial charge in [0, 0.05) is 49.6 Å². The van der Waals surface area contributed by atoms with E-state index in [4.69, 9.17) is 9.47 Å². The number of nitrogens with zero attached hydrogens (tertiary/aromatic N) is 4. The number of piperazine rings is 1. The highest BCUT2D eigenvalue weighted by Gasteiger charge is 2.30. The summed E-state index contributed by atoms with van der Waals surface area (Å²) in [6, 6.07) is 11.7. The lowest BCUT2D eigenvalue weighted by molar-refractivity contribution is -0.137. The maximum Gasteiger partial charge on any atom is 0.416 e. The molecule has 7 nitrogen and oxygen atoms in total. The summed E-state index contributed by atoms with van der Waals surface area (Å²) in [7, 11) is 3.06. The Morgan fingerprint density at radius 3 is 2.20 bits per heavy atom. The van der Waals surface area contributed by atoms with Crippen molar-refractivity contribution in [2.24, 2.45) is 0 Å². The first-order valence-corrected chi connectivity index (χ1v) is 11.0. The molecule has 0 radical (unpaired) electrons. The minimum atomic E-state index is -4.40. The average molecular weight is 486 g/mol. The standard InChI is InChI=1S/C25H25F3N4O3/c1-16-14-22(30-23(29-16)17-4-6-18(7-5-17)25(26,27)28)31-10-12-32(13-11-31)24(33)20-9-8-19(34-2)15-21(20)35-3/h4-9,14-15H,10-13H2,1-3H3. The molecule has 0 saturated carbocycles. The Morgan fingerprint density at radius 1 is 0.914 bits per heavy atom. The highest BCUT2D eigenvalue weighted by atomic mass is 19.4. The van der Waals surface area contributed by atoms with Gasteiger partial charge in [0.1, 0.15) is 17.3 Å². The summed E-state index contributed by atoms with van der Waals surface area (Å²) >= 11 is 0. The van der Waals surface area contributed by atoms with Crippen molar-refractivity contribution in [1.29, 1.82) is 0 Å². The summed E-state index contributed by atoms with van der Waals surface area (Å²) in [5, 5.41) is 0. The first kappa shape index (κ1) is 24.3. The SMILES string of the molecule is COc1ccc(C(=O)N2CCN(c3cc(C)nc(-c4ccc(C(F)(F)F)cc4)n3)CC2)c(OC)c1. The second kappa shape index (κ2) is 9.81. The fourth-order valence-corrected chi connectivity index (χ4v) is 3.94. The number of anilines is 1. The van der Waals surface area contributed by atoms with E-state index in [1.807, 2.05) is 17.9 Å². The van der Waals surface area contributed by atoms with Gasteiger partial charge >= 0.3 is 6.18 Å². The fourth-order valence-electron chi connectivity index (χ4n) is 3.94. The lowest BCUT2D eigenvalue weighted by atomic mass is 10.1. The lowest BCUT2D eigenvalue weighted by Crippen LogP contribution is -2.49. The van der Waals surface area contributed by atoms with Crippen molar-refractivity contribution in [1.82, 2.24) is 14.9 Å². The molecule has 35 heavy (non-hydrogen) atoms. The molecule has 2 heterocycles. The van der Waals surface area contributed by atoms with Crippen molar-refractivity contribution in [3.05, 3.63) is 65.4 Å². The number of amides is 1. The van der Waals surface area contributed by atoms with Gasteiger partial charge in [-0.1, -0.05) is 12.1 Å². The van der Waals surface area contributed by atoms with Crippen LogP contribution in [0.3, 0.4) is 0 Å². The number of alkyl halides is 3. The molecule has 184 valence electrons. The largest absolute Gasteiger partial charge is 0.497 e. The van der Waals surface area contributed by atoms with Crippen LogP contribution in [0.1, 0.15) is 21.6 Å². The molecule has 0 aliphatic carbocycles. The second-order valence-corrected chi connectivity index (χ2v) is 8.11. The summed E-state index contributed by atoms with van der Waals surface area (Å²) in [6.45, 7) is 3.87. The third-order valence-electron chi connectivity index (χ3n) is 5.84. The number of carbonyl (C=O) groups is 1. The van der Waals surface area contributed by atoms with E-state index in [9.17, 15) is 18.0 Å². The molecule has 1 aliphatic heterocycles. The molecule has 1 aliphatic rings. The van der Waals surface area contributed by atoms with Crippen molar-refractivity contribution in [2.75, 3.05) is 45.3 Å². The van der Waals surface area contributed by atoms with Gasteiger partial charge < -0.3 is 19.3 Å². The molecule has 3 aromatic rings. The maximum atomic E-state index is 13.1. The molecule has 10 heteroatoms. The molecule has 4 rings (SSSR count). The smallest absolute Gasteiger partial charge is 0.416 e. The zero-order valence-corrected chi connectivity index (χ0v) is 19.6. The lowest BCUT2D eigenvalue weighted by Gasteiger charge is -2.35. The fraction of sp³-hybridized carbons (Fsp3) is 0.320. The molecule has 0 atom stereocenters. The number of hydrogen-bond donors (Lipinski definition) is 0. The van der Waals surface area contributed by atoms with Crippen LogP contribution in [0.4, 0.5) is 19.0 Å². The van der Waals surface area contributed by atoms with E-state index >= 15 is 0 Å². The summed E-state index contributed by atoms with van der Waals surface area (Å²) in [6.07, 6.45) is -4.40. The monoisotopic (exact) mass is 486 g/mol. The van der Waals surface area contributed by atoms with Crippen LogP contribution in [-0.2, 0) is 6.18 Å². The average Bonchev–Trinajstić information content (AvgIpc) is 2.87. The quantitative estimate of drug-likeness (QED) is 0.531.